The van der Waals surface area contributed by atoms with E-state index in [1.807, 2.05) is 4.90 Å². The van der Waals surface area contributed by atoms with E-state index in [-0.39, 0.29) is 11.9 Å². The largest absolute Gasteiger partial charge is 0.341 e. The summed E-state index contributed by atoms with van der Waals surface area (Å²) in [5.74, 6) is 2.20. The molecule has 26 heavy (non-hydrogen) atoms. The molecule has 5 rings (SSSR count). The summed E-state index contributed by atoms with van der Waals surface area (Å²) in [5.41, 5.74) is 2.57. The van der Waals surface area contributed by atoms with Crippen molar-refractivity contribution in [3.63, 3.8) is 0 Å². The van der Waals surface area contributed by atoms with Gasteiger partial charge in [0.15, 0.2) is 5.82 Å². The van der Waals surface area contributed by atoms with Crippen molar-refractivity contribution in [2.45, 2.75) is 57.2 Å². The molecule has 2 fully saturated rings. The van der Waals surface area contributed by atoms with E-state index < -0.39 is 0 Å². The first kappa shape index (κ1) is 16.0. The fraction of sp³-hybridized carbons (Fsp3) is 0.550. The van der Waals surface area contributed by atoms with E-state index in [0.29, 0.717) is 18.4 Å². The zero-order valence-electron chi connectivity index (χ0n) is 14.9. The summed E-state index contributed by atoms with van der Waals surface area (Å²) in [4.78, 5) is 22.0. The minimum Gasteiger partial charge on any atom is -0.341 e. The van der Waals surface area contributed by atoms with Gasteiger partial charge in [0, 0.05) is 25.6 Å². The van der Waals surface area contributed by atoms with Crippen molar-refractivity contribution >= 4 is 5.91 Å². The summed E-state index contributed by atoms with van der Waals surface area (Å²) >= 11 is 0. The van der Waals surface area contributed by atoms with Crippen LogP contribution in [0.2, 0.25) is 0 Å². The fourth-order valence-electron chi connectivity index (χ4n) is 4.15. The Kier molecular flexibility index (Phi) is 4.00. The first-order chi connectivity index (χ1) is 12.8. The van der Waals surface area contributed by atoms with Gasteiger partial charge in [-0.15, -0.1) is 0 Å². The third-order valence-corrected chi connectivity index (χ3v) is 5.81. The second kappa shape index (κ2) is 6.50. The maximum atomic E-state index is 13.2. The number of carbonyl (C=O) groups excluding carboxylic acids is 1. The maximum absolute atomic E-state index is 13.2. The van der Waals surface area contributed by atoms with Gasteiger partial charge in [0.25, 0.3) is 0 Å². The van der Waals surface area contributed by atoms with E-state index in [9.17, 15) is 4.79 Å². The standard InChI is InChI=1S/C20H24N4O2/c25-20(23-9-3-4-10-23)17-11-15-5-1-2-6-16(15)12-24(17)13-18-21-19(22-26-18)14-7-8-14/h1-2,5-6,14,17H,3-4,7-13H2. The minimum atomic E-state index is -0.140. The molecule has 1 aromatic carbocycles. The first-order valence-corrected chi connectivity index (χ1v) is 9.70. The third-order valence-electron chi connectivity index (χ3n) is 5.81. The normalized spacial score (nSPS) is 23.2. The molecule has 2 aromatic rings. The van der Waals surface area contributed by atoms with Crippen molar-refractivity contribution in [2.75, 3.05) is 13.1 Å². The quantitative estimate of drug-likeness (QED) is 0.846. The summed E-state index contributed by atoms with van der Waals surface area (Å²) in [6, 6.07) is 8.29. The molecule has 0 radical (unpaired) electrons. The Morgan fingerprint density at radius 2 is 1.92 bits per heavy atom. The fourth-order valence-corrected chi connectivity index (χ4v) is 4.15. The molecular formula is C20H24N4O2. The van der Waals surface area contributed by atoms with Gasteiger partial charge < -0.3 is 9.42 Å². The molecule has 2 aliphatic heterocycles. The van der Waals surface area contributed by atoms with Crippen molar-refractivity contribution in [3.05, 3.63) is 47.1 Å². The molecule has 6 heteroatoms. The molecule has 0 bridgehead atoms. The summed E-state index contributed by atoms with van der Waals surface area (Å²) in [6.45, 7) is 3.06. The molecule has 3 aliphatic rings. The summed E-state index contributed by atoms with van der Waals surface area (Å²) in [5, 5.41) is 4.13. The molecule has 0 N–H and O–H groups in total. The lowest BCUT2D eigenvalue weighted by molar-refractivity contribution is -0.137. The Balaban J connectivity index is 1.40. The van der Waals surface area contributed by atoms with Gasteiger partial charge in [0.1, 0.15) is 0 Å². The summed E-state index contributed by atoms with van der Waals surface area (Å²) in [7, 11) is 0. The maximum Gasteiger partial charge on any atom is 0.240 e. The highest BCUT2D eigenvalue weighted by Gasteiger charge is 2.36. The third kappa shape index (κ3) is 3.03. The molecule has 1 aromatic heterocycles. The summed E-state index contributed by atoms with van der Waals surface area (Å²) < 4.78 is 5.48. The predicted molar refractivity (Wildman–Crippen MR) is 95.3 cm³/mol. The smallest absolute Gasteiger partial charge is 0.240 e. The van der Waals surface area contributed by atoms with Gasteiger partial charge in [-0.3, -0.25) is 9.69 Å². The van der Waals surface area contributed by atoms with Crippen LogP contribution in [0.25, 0.3) is 0 Å². The first-order valence-electron chi connectivity index (χ1n) is 9.70. The number of likely N-dealkylation sites (tertiary alicyclic amines) is 1. The van der Waals surface area contributed by atoms with Crippen molar-refractivity contribution < 1.29 is 9.32 Å². The molecule has 6 nitrogen and oxygen atoms in total. The van der Waals surface area contributed by atoms with E-state index >= 15 is 0 Å². The van der Waals surface area contributed by atoms with E-state index in [4.69, 9.17) is 4.52 Å². The summed E-state index contributed by atoms with van der Waals surface area (Å²) in [6.07, 6.45) is 5.31. The van der Waals surface area contributed by atoms with Crippen molar-refractivity contribution in [1.82, 2.24) is 19.9 Å². The van der Waals surface area contributed by atoms with Gasteiger partial charge in [-0.1, -0.05) is 29.4 Å². The van der Waals surface area contributed by atoms with Gasteiger partial charge in [-0.25, -0.2) is 0 Å². The molecular weight excluding hydrogens is 328 g/mol. The van der Waals surface area contributed by atoms with Gasteiger partial charge in [0.05, 0.1) is 12.6 Å². The number of amides is 1. The van der Waals surface area contributed by atoms with Gasteiger partial charge in [0.2, 0.25) is 11.8 Å². The van der Waals surface area contributed by atoms with Crippen LogP contribution in [0.15, 0.2) is 28.8 Å². The number of benzene rings is 1. The van der Waals surface area contributed by atoms with Gasteiger partial charge >= 0.3 is 0 Å². The van der Waals surface area contributed by atoms with Crippen LogP contribution >= 0.6 is 0 Å². The number of hydrogen-bond donors (Lipinski definition) is 0. The second-order valence-corrected chi connectivity index (χ2v) is 7.75. The SMILES string of the molecule is O=C(C1Cc2ccccc2CN1Cc1nc(C2CC2)no1)N1CCCC1. The Morgan fingerprint density at radius 3 is 2.69 bits per heavy atom. The van der Waals surface area contributed by atoms with Crippen LogP contribution in [0, 0.1) is 0 Å². The number of hydrogen-bond acceptors (Lipinski definition) is 5. The van der Waals surface area contributed by atoms with Crippen LogP contribution in [-0.2, 0) is 24.3 Å². The molecule has 1 saturated heterocycles. The Morgan fingerprint density at radius 1 is 1.15 bits per heavy atom. The molecule has 3 heterocycles. The lowest BCUT2D eigenvalue weighted by Crippen LogP contribution is -2.50. The van der Waals surface area contributed by atoms with Gasteiger partial charge in [-0.2, -0.15) is 4.98 Å². The molecule has 1 atom stereocenters. The topological polar surface area (TPSA) is 62.5 Å². The molecule has 1 saturated carbocycles. The number of rotatable bonds is 4. The van der Waals surface area contributed by atoms with Crippen molar-refractivity contribution in [1.29, 1.82) is 0 Å². The van der Waals surface area contributed by atoms with Crippen LogP contribution < -0.4 is 0 Å². The van der Waals surface area contributed by atoms with Crippen LogP contribution in [0.3, 0.4) is 0 Å². The Bertz CT molecular complexity index is 808. The van der Waals surface area contributed by atoms with Crippen LogP contribution in [-0.4, -0.2) is 45.0 Å². The van der Waals surface area contributed by atoms with Crippen LogP contribution in [0.5, 0.6) is 0 Å². The van der Waals surface area contributed by atoms with Crippen molar-refractivity contribution in [3.8, 4) is 0 Å². The van der Waals surface area contributed by atoms with Crippen LogP contribution in [0.1, 0.15) is 54.4 Å². The van der Waals surface area contributed by atoms with E-state index in [1.54, 1.807) is 0 Å². The zero-order chi connectivity index (χ0) is 17.5. The molecule has 0 spiro atoms. The monoisotopic (exact) mass is 352 g/mol. The molecule has 1 aliphatic carbocycles. The Labute approximate surface area is 153 Å². The molecule has 1 amide bonds. The molecule has 136 valence electrons. The Hall–Kier alpha value is -2.21. The average Bonchev–Trinajstić information content (AvgIpc) is 3.17. The van der Waals surface area contributed by atoms with E-state index in [1.165, 1.54) is 11.1 Å². The van der Waals surface area contributed by atoms with Crippen molar-refractivity contribution in [2.24, 2.45) is 0 Å². The van der Waals surface area contributed by atoms with E-state index in [0.717, 1.165) is 57.6 Å². The van der Waals surface area contributed by atoms with Crippen LogP contribution in [0.4, 0.5) is 0 Å². The predicted octanol–water partition coefficient (Wildman–Crippen LogP) is 2.50. The number of nitrogens with zero attached hydrogens (tertiary/aromatic N) is 4. The highest BCUT2D eigenvalue weighted by Crippen LogP contribution is 2.38. The number of carbonyl (C=O) groups is 1. The highest BCUT2D eigenvalue weighted by atomic mass is 16.5. The number of fused-ring (bicyclic) bond motifs is 1. The minimum absolute atomic E-state index is 0.140. The lowest BCUT2D eigenvalue weighted by Gasteiger charge is -2.37. The zero-order valence-corrected chi connectivity index (χ0v) is 14.9. The van der Waals surface area contributed by atoms with E-state index in [2.05, 4.69) is 39.3 Å². The molecule has 1 unspecified atom stereocenters. The second-order valence-electron chi connectivity index (χ2n) is 7.75. The number of aromatic nitrogens is 2. The van der Waals surface area contributed by atoms with Gasteiger partial charge in [-0.05, 0) is 43.2 Å². The highest BCUT2D eigenvalue weighted by molar-refractivity contribution is 5.82. The lowest BCUT2D eigenvalue weighted by atomic mass is 9.93. The average molecular weight is 352 g/mol.